The first-order valence-electron chi connectivity index (χ1n) is 5.52. The summed E-state index contributed by atoms with van der Waals surface area (Å²) in [7, 11) is 0. The maximum atomic E-state index is 4.69. The maximum absolute atomic E-state index is 4.69. The number of rotatable bonds is 1. The number of aromatic nitrogens is 1. The van der Waals surface area contributed by atoms with Crippen molar-refractivity contribution in [3.05, 3.63) is 42.1 Å². The van der Waals surface area contributed by atoms with E-state index in [0.29, 0.717) is 6.04 Å². The van der Waals surface area contributed by atoms with Gasteiger partial charge >= 0.3 is 0 Å². The van der Waals surface area contributed by atoms with Gasteiger partial charge in [-0.25, -0.2) is 0 Å². The topological polar surface area (TPSA) is 24.9 Å². The van der Waals surface area contributed by atoms with E-state index in [1.807, 2.05) is 6.07 Å². The first-order chi connectivity index (χ1) is 7.43. The van der Waals surface area contributed by atoms with Gasteiger partial charge < -0.3 is 5.32 Å². The summed E-state index contributed by atoms with van der Waals surface area (Å²) in [6.45, 7) is 1.12. The summed E-state index contributed by atoms with van der Waals surface area (Å²) in [6, 6.07) is 13.1. The van der Waals surface area contributed by atoms with Crippen LogP contribution in [0.4, 0.5) is 0 Å². The van der Waals surface area contributed by atoms with Crippen LogP contribution in [-0.4, -0.2) is 11.5 Å². The van der Waals surface area contributed by atoms with Crippen molar-refractivity contribution in [2.45, 2.75) is 18.9 Å². The lowest BCUT2D eigenvalue weighted by Gasteiger charge is -2.09. The zero-order valence-corrected chi connectivity index (χ0v) is 9.83. The molecular weight excluding hydrogens is 220 g/mol. The van der Waals surface area contributed by atoms with Gasteiger partial charge in [0.1, 0.15) is 0 Å². The Morgan fingerprint density at radius 1 is 1.12 bits per heavy atom. The van der Waals surface area contributed by atoms with Gasteiger partial charge in [0, 0.05) is 11.4 Å². The van der Waals surface area contributed by atoms with Gasteiger partial charge in [0.25, 0.3) is 0 Å². The standard InChI is InChI=1S/C13H14N2.ClH/c1-2-5-11-10(4-1)7-8-13(15-11)12-6-3-9-14-12;/h1-2,4-5,7-8,12,14H,3,6,9H2;1H/t12-;/m0./s1. The molecule has 1 aromatic carbocycles. The molecule has 1 saturated heterocycles. The largest absolute Gasteiger partial charge is 0.309 e. The van der Waals surface area contributed by atoms with Crippen molar-refractivity contribution in [3.8, 4) is 0 Å². The Labute approximate surface area is 101 Å². The molecule has 3 rings (SSSR count). The number of hydrogen-bond donors (Lipinski definition) is 1. The molecule has 0 saturated carbocycles. The molecule has 0 spiro atoms. The summed E-state index contributed by atoms with van der Waals surface area (Å²) in [5, 5.41) is 4.70. The van der Waals surface area contributed by atoms with E-state index in [4.69, 9.17) is 4.98 Å². The highest BCUT2D eigenvalue weighted by molar-refractivity contribution is 5.85. The van der Waals surface area contributed by atoms with Gasteiger partial charge in [-0.1, -0.05) is 24.3 Å². The second-order valence-corrected chi connectivity index (χ2v) is 4.08. The number of nitrogens with zero attached hydrogens (tertiary/aromatic N) is 1. The minimum absolute atomic E-state index is 0. The van der Waals surface area contributed by atoms with Crippen molar-refractivity contribution in [1.82, 2.24) is 10.3 Å². The fourth-order valence-electron chi connectivity index (χ4n) is 2.21. The Morgan fingerprint density at radius 2 is 2.00 bits per heavy atom. The maximum Gasteiger partial charge on any atom is 0.0706 e. The molecule has 16 heavy (non-hydrogen) atoms. The second-order valence-electron chi connectivity index (χ2n) is 4.08. The van der Waals surface area contributed by atoms with Crippen LogP contribution < -0.4 is 5.32 Å². The fourth-order valence-corrected chi connectivity index (χ4v) is 2.21. The van der Waals surface area contributed by atoms with E-state index in [0.717, 1.165) is 12.1 Å². The van der Waals surface area contributed by atoms with Crippen LogP contribution in [0.25, 0.3) is 10.9 Å². The lowest BCUT2D eigenvalue weighted by Crippen LogP contribution is -2.14. The van der Waals surface area contributed by atoms with Gasteiger partial charge in [-0.2, -0.15) is 0 Å². The zero-order valence-electron chi connectivity index (χ0n) is 9.02. The van der Waals surface area contributed by atoms with Crippen LogP contribution in [0.3, 0.4) is 0 Å². The normalized spacial score (nSPS) is 19.6. The Kier molecular flexibility index (Phi) is 3.42. The highest BCUT2D eigenvalue weighted by atomic mass is 35.5. The molecule has 3 heteroatoms. The smallest absolute Gasteiger partial charge is 0.0706 e. The number of halogens is 1. The fraction of sp³-hybridized carbons (Fsp3) is 0.308. The van der Waals surface area contributed by atoms with Crippen LogP contribution in [0.2, 0.25) is 0 Å². The van der Waals surface area contributed by atoms with Crippen molar-refractivity contribution in [2.75, 3.05) is 6.54 Å². The third-order valence-corrected chi connectivity index (χ3v) is 3.04. The average Bonchev–Trinajstić information content (AvgIpc) is 2.82. The molecule has 84 valence electrons. The van der Waals surface area contributed by atoms with E-state index in [1.165, 1.54) is 23.9 Å². The third kappa shape index (κ3) is 2.04. The number of nitrogens with one attached hydrogen (secondary N) is 1. The van der Waals surface area contributed by atoms with Gasteiger partial charge in [-0.3, -0.25) is 4.98 Å². The average molecular weight is 235 g/mol. The molecule has 1 aliphatic heterocycles. The molecular formula is C13H15ClN2. The van der Waals surface area contributed by atoms with Gasteiger partial charge in [-0.05, 0) is 31.5 Å². The summed E-state index contributed by atoms with van der Waals surface area (Å²) in [5.41, 5.74) is 2.29. The monoisotopic (exact) mass is 234 g/mol. The minimum Gasteiger partial charge on any atom is -0.309 e. The predicted molar refractivity (Wildman–Crippen MR) is 69.0 cm³/mol. The molecule has 1 N–H and O–H groups in total. The zero-order chi connectivity index (χ0) is 10.1. The first-order valence-corrected chi connectivity index (χ1v) is 5.52. The Balaban J connectivity index is 0.000000963. The molecule has 0 amide bonds. The summed E-state index contributed by atoms with van der Waals surface area (Å²) < 4.78 is 0. The van der Waals surface area contributed by atoms with E-state index >= 15 is 0 Å². The van der Waals surface area contributed by atoms with Crippen LogP contribution >= 0.6 is 12.4 Å². The predicted octanol–water partition coefficient (Wildman–Crippen LogP) is 3.08. The SMILES string of the molecule is Cl.c1ccc2nc([C@@H]3CCCN3)ccc2c1. The third-order valence-electron chi connectivity index (χ3n) is 3.04. The molecule has 2 aromatic rings. The van der Waals surface area contributed by atoms with Gasteiger partial charge in [0.2, 0.25) is 0 Å². The quantitative estimate of drug-likeness (QED) is 0.820. The van der Waals surface area contributed by atoms with Crippen molar-refractivity contribution in [1.29, 1.82) is 0 Å². The van der Waals surface area contributed by atoms with E-state index in [1.54, 1.807) is 0 Å². The number of para-hydroxylation sites is 1. The van der Waals surface area contributed by atoms with Crippen molar-refractivity contribution in [3.63, 3.8) is 0 Å². The van der Waals surface area contributed by atoms with E-state index in [9.17, 15) is 0 Å². The lowest BCUT2D eigenvalue weighted by molar-refractivity contribution is 0.630. The van der Waals surface area contributed by atoms with Gasteiger partial charge in [-0.15, -0.1) is 12.4 Å². The van der Waals surface area contributed by atoms with Gasteiger partial charge in [0.05, 0.1) is 11.2 Å². The number of pyridine rings is 1. The molecule has 2 nitrogen and oxygen atoms in total. The molecule has 0 aliphatic carbocycles. The molecule has 2 heterocycles. The Hall–Kier alpha value is -1.12. The van der Waals surface area contributed by atoms with E-state index < -0.39 is 0 Å². The second kappa shape index (κ2) is 4.81. The Morgan fingerprint density at radius 3 is 2.81 bits per heavy atom. The highest BCUT2D eigenvalue weighted by Crippen LogP contribution is 2.23. The molecule has 1 aromatic heterocycles. The highest BCUT2D eigenvalue weighted by Gasteiger charge is 2.17. The summed E-state index contributed by atoms with van der Waals surface area (Å²) in [5.74, 6) is 0. The lowest BCUT2D eigenvalue weighted by atomic mass is 10.1. The summed E-state index contributed by atoms with van der Waals surface area (Å²) in [6.07, 6.45) is 2.48. The molecule has 1 aliphatic rings. The molecule has 0 radical (unpaired) electrons. The van der Waals surface area contributed by atoms with Crippen LogP contribution in [0, 0.1) is 0 Å². The summed E-state index contributed by atoms with van der Waals surface area (Å²) >= 11 is 0. The number of fused-ring (bicyclic) bond motifs is 1. The van der Waals surface area contributed by atoms with Crippen molar-refractivity contribution < 1.29 is 0 Å². The van der Waals surface area contributed by atoms with Crippen LogP contribution in [-0.2, 0) is 0 Å². The van der Waals surface area contributed by atoms with Gasteiger partial charge in [0.15, 0.2) is 0 Å². The van der Waals surface area contributed by atoms with Crippen LogP contribution in [0.1, 0.15) is 24.6 Å². The molecule has 0 bridgehead atoms. The van der Waals surface area contributed by atoms with E-state index in [2.05, 4.69) is 35.6 Å². The number of benzene rings is 1. The minimum atomic E-state index is 0. The van der Waals surface area contributed by atoms with Crippen molar-refractivity contribution in [2.24, 2.45) is 0 Å². The molecule has 0 unspecified atom stereocenters. The first kappa shape index (κ1) is 11.4. The molecule has 1 fully saturated rings. The van der Waals surface area contributed by atoms with Crippen LogP contribution in [0.5, 0.6) is 0 Å². The molecule has 1 atom stereocenters. The van der Waals surface area contributed by atoms with E-state index in [-0.39, 0.29) is 12.4 Å². The van der Waals surface area contributed by atoms with Crippen molar-refractivity contribution >= 4 is 23.3 Å². The summed E-state index contributed by atoms with van der Waals surface area (Å²) in [4.78, 5) is 4.69. The van der Waals surface area contributed by atoms with Crippen LogP contribution in [0.15, 0.2) is 36.4 Å². The Bertz CT molecular complexity index is 478. The number of hydrogen-bond acceptors (Lipinski definition) is 2.